The van der Waals surface area contributed by atoms with Crippen LogP contribution in [-0.2, 0) is 0 Å². The fourth-order valence-corrected chi connectivity index (χ4v) is 3.76. The highest BCUT2D eigenvalue weighted by Crippen LogP contribution is 2.37. The quantitative estimate of drug-likeness (QED) is 0.387. The van der Waals surface area contributed by atoms with Gasteiger partial charge in [0.15, 0.2) is 0 Å². The minimum absolute atomic E-state index is 0.794. The standard InChI is InChI=1S/C12H17I/c13-12-9-5-4-8-11(12)10-6-2-1-3-7-10/h1-2,5,9-12H,3-4,6-8H2. The van der Waals surface area contributed by atoms with Crippen LogP contribution < -0.4 is 0 Å². The normalized spacial score (nSPS) is 39.3. The van der Waals surface area contributed by atoms with Gasteiger partial charge in [-0.3, -0.25) is 0 Å². The Labute approximate surface area is 94.6 Å². The lowest BCUT2D eigenvalue weighted by Gasteiger charge is -2.32. The van der Waals surface area contributed by atoms with Gasteiger partial charge in [0, 0.05) is 3.92 Å². The Morgan fingerprint density at radius 1 is 1.00 bits per heavy atom. The molecule has 0 amide bonds. The predicted octanol–water partition coefficient (Wildman–Crippen LogP) is 4.11. The minimum atomic E-state index is 0.794. The zero-order valence-electron chi connectivity index (χ0n) is 7.95. The first kappa shape index (κ1) is 9.75. The van der Waals surface area contributed by atoms with Crippen LogP contribution in [0.5, 0.6) is 0 Å². The van der Waals surface area contributed by atoms with Gasteiger partial charge in [0.25, 0.3) is 0 Å². The van der Waals surface area contributed by atoms with E-state index in [0.717, 1.165) is 15.8 Å². The Balaban J connectivity index is 1.98. The summed E-state index contributed by atoms with van der Waals surface area (Å²) in [7, 11) is 0. The van der Waals surface area contributed by atoms with Gasteiger partial charge in [-0.05, 0) is 43.9 Å². The van der Waals surface area contributed by atoms with Crippen LogP contribution in [0, 0.1) is 11.8 Å². The average Bonchev–Trinajstić information content (AvgIpc) is 2.20. The molecule has 2 aliphatic rings. The molecule has 0 spiro atoms. The lowest BCUT2D eigenvalue weighted by atomic mass is 9.77. The van der Waals surface area contributed by atoms with E-state index < -0.39 is 0 Å². The van der Waals surface area contributed by atoms with Gasteiger partial charge in [-0.2, -0.15) is 0 Å². The van der Waals surface area contributed by atoms with Crippen LogP contribution in [0.4, 0.5) is 0 Å². The molecule has 0 fully saturated rings. The van der Waals surface area contributed by atoms with Crippen molar-refractivity contribution in [1.29, 1.82) is 0 Å². The van der Waals surface area contributed by atoms with E-state index in [4.69, 9.17) is 0 Å². The summed E-state index contributed by atoms with van der Waals surface area (Å²) in [6.07, 6.45) is 16.3. The van der Waals surface area contributed by atoms with E-state index in [9.17, 15) is 0 Å². The molecule has 0 N–H and O–H groups in total. The molecule has 72 valence electrons. The maximum absolute atomic E-state index is 2.61. The highest BCUT2D eigenvalue weighted by atomic mass is 127. The molecule has 0 aromatic carbocycles. The molecule has 13 heavy (non-hydrogen) atoms. The summed E-state index contributed by atoms with van der Waals surface area (Å²) in [5, 5.41) is 0. The third kappa shape index (κ3) is 2.36. The number of halogens is 1. The molecular weight excluding hydrogens is 271 g/mol. The zero-order valence-corrected chi connectivity index (χ0v) is 10.1. The third-order valence-corrected chi connectivity index (χ3v) is 4.65. The van der Waals surface area contributed by atoms with Gasteiger partial charge in [0.1, 0.15) is 0 Å². The monoisotopic (exact) mass is 288 g/mol. The maximum atomic E-state index is 2.61. The van der Waals surface area contributed by atoms with E-state index in [2.05, 4.69) is 46.9 Å². The molecule has 1 heteroatoms. The van der Waals surface area contributed by atoms with Gasteiger partial charge in [-0.15, -0.1) is 0 Å². The number of hydrogen-bond donors (Lipinski definition) is 0. The van der Waals surface area contributed by atoms with Crippen LogP contribution in [-0.4, -0.2) is 3.92 Å². The van der Waals surface area contributed by atoms with Crippen molar-refractivity contribution in [2.45, 2.75) is 36.0 Å². The summed E-state index contributed by atoms with van der Waals surface area (Å²) >= 11 is 2.61. The SMILES string of the molecule is IC1C=CCCC1C1CC=CCC1. The van der Waals surface area contributed by atoms with Crippen molar-refractivity contribution < 1.29 is 0 Å². The van der Waals surface area contributed by atoms with Crippen molar-refractivity contribution in [3.05, 3.63) is 24.3 Å². The predicted molar refractivity (Wildman–Crippen MR) is 66.2 cm³/mol. The van der Waals surface area contributed by atoms with E-state index in [1.165, 1.54) is 32.1 Å². The maximum Gasteiger partial charge on any atom is 0.0320 e. The molecule has 0 saturated carbocycles. The summed E-state index contributed by atoms with van der Waals surface area (Å²) in [4.78, 5) is 0. The van der Waals surface area contributed by atoms with E-state index in [1.54, 1.807) is 0 Å². The van der Waals surface area contributed by atoms with Crippen LogP contribution in [0.15, 0.2) is 24.3 Å². The van der Waals surface area contributed by atoms with E-state index in [-0.39, 0.29) is 0 Å². The van der Waals surface area contributed by atoms with Crippen molar-refractivity contribution in [3.8, 4) is 0 Å². The lowest BCUT2D eigenvalue weighted by molar-refractivity contribution is 0.299. The van der Waals surface area contributed by atoms with E-state index in [1.807, 2.05) is 0 Å². The number of allylic oxidation sites excluding steroid dienone is 4. The summed E-state index contributed by atoms with van der Waals surface area (Å²) in [5.41, 5.74) is 0. The first-order valence-electron chi connectivity index (χ1n) is 5.33. The molecule has 0 aromatic rings. The summed E-state index contributed by atoms with van der Waals surface area (Å²) in [5.74, 6) is 1.92. The van der Waals surface area contributed by atoms with E-state index in [0.29, 0.717) is 0 Å². The highest BCUT2D eigenvalue weighted by molar-refractivity contribution is 14.1. The lowest BCUT2D eigenvalue weighted by Crippen LogP contribution is -2.25. The molecule has 0 heterocycles. The molecule has 0 nitrogen and oxygen atoms in total. The molecule has 3 unspecified atom stereocenters. The Morgan fingerprint density at radius 2 is 1.85 bits per heavy atom. The Bertz CT molecular complexity index is 217. The van der Waals surface area contributed by atoms with Gasteiger partial charge < -0.3 is 0 Å². The van der Waals surface area contributed by atoms with Crippen LogP contribution in [0.2, 0.25) is 0 Å². The van der Waals surface area contributed by atoms with Crippen molar-refractivity contribution in [2.24, 2.45) is 11.8 Å². The molecule has 0 radical (unpaired) electrons. The molecule has 2 aliphatic carbocycles. The van der Waals surface area contributed by atoms with Crippen molar-refractivity contribution in [2.75, 3.05) is 0 Å². The van der Waals surface area contributed by atoms with Crippen LogP contribution in [0.3, 0.4) is 0 Å². The first-order valence-corrected chi connectivity index (χ1v) is 6.58. The molecule has 2 rings (SSSR count). The van der Waals surface area contributed by atoms with Crippen LogP contribution in [0.1, 0.15) is 32.1 Å². The van der Waals surface area contributed by atoms with E-state index >= 15 is 0 Å². The Kier molecular flexibility index (Phi) is 3.47. The summed E-state index contributed by atoms with van der Waals surface area (Å²) in [6, 6.07) is 0. The largest absolute Gasteiger partial charge is 0.0885 e. The second-order valence-corrected chi connectivity index (χ2v) is 5.60. The van der Waals surface area contributed by atoms with Gasteiger partial charge in [0.05, 0.1) is 0 Å². The number of rotatable bonds is 1. The number of alkyl halides is 1. The summed E-state index contributed by atoms with van der Waals surface area (Å²) in [6.45, 7) is 0. The minimum Gasteiger partial charge on any atom is -0.0885 e. The van der Waals surface area contributed by atoms with Crippen LogP contribution in [0.25, 0.3) is 0 Å². The summed E-state index contributed by atoms with van der Waals surface area (Å²) < 4.78 is 0.794. The van der Waals surface area contributed by atoms with Gasteiger partial charge in [-0.25, -0.2) is 0 Å². The fourth-order valence-electron chi connectivity index (χ4n) is 2.52. The molecule has 0 aliphatic heterocycles. The van der Waals surface area contributed by atoms with Crippen molar-refractivity contribution in [3.63, 3.8) is 0 Å². The van der Waals surface area contributed by atoms with Crippen molar-refractivity contribution in [1.82, 2.24) is 0 Å². The molecule has 0 bridgehead atoms. The number of hydrogen-bond acceptors (Lipinski definition) is 0. The second kappa shape index (κ2) is 4.63. The molecule has 0 aromatic heterocycles. The zero-order chi connectivity index (χ0) is 9.10. The van der Waals surface area contributed by atoms with Gasteiger partial charge in [-0.1, -0.05) is 46.9 Å². The average molecular weight is 288 g/mol. The highest BCUT2D eigenvalue weighted by Gasteiger charge is 2.27. The Hall–Kier alpha value is 0.210. The fraction of sp³-hybridized carbons (Fsp3) is 0.667. The Morgan fingerprint density at radius 3 is 2.54 bits per heavy atom. The van der Waals surface area contributed by atoms with Crippen molar-refractivity contribution >= 4 is 22.6 Å². The molecule has 3 atom stereocenters. The van der Waals surface area contributed by atoms with Gasteiger partial charge >= 0.3 is 0 Å². The van der Waals surface area contributed by atoms with Gasteiger partial charge in [0.2, 0.25) is 0 Å². The molecule has 0 saturated heterocycles. The molecular formula is C12H17I. The second-order valence-electron chi connectivity index (χ2n) is 4.16. The van der Waals surface area contributed by atoms with Crippen LogP contribution >= 0.6 is 22.6 Å². The third-order valence-electron chi connectivity index (χ3n) is 3.31. The topological polar surface area (TPSA) is 0 Å². The smallest absolute Gasteiger partial charge is 0.0320 e. The first-order chi connectivity index (χ1) is 6.38.